The lowest BCUT2D eigenvalue weighted by Gasteiger charge is -2.14. The highest BCUT2D eigenvalue weighted by atomic mass is 19.1. The Bertz CT molecular complexity index is 498. The van der Waals surface area contributed by atoms with Gasteiger partial charge in [0.1, 0.15) is 11.6 Å². The van der Waals surface area contributed by atoms with Gasteiger partial charge in [-0.15, -0.1) is 0 Å². The number of anilines is 1. The van der Waals surface area contributed by atoms with Crippen LogP contribution in [-0.2, 0) is 4.74 Å². The summed E-state index contributed by atoms with van der Waals surface area (Å²) in [4.78, 5) is 11.6. The number of ether oxygens (including phenoxy) is 1. The highest BCUT2D eigenvalue weighted by Gasteiger charge is 2.08. The third kappa shape index (κ3) is 8.24. The predicted molar refractivity (Wildman–Crippen MR) is 92.1 cm³/mol. The SMILES string of the molecule is CCCCC(CC)COCCCNC(=O)Nc1ccc(F)cc1F. The van der Waals surface area contributed by atoms with Crippen LogP contribution in [0.2, 0.25) is 0 Å². The van der Waals surface area contributed by atoms with Crippen molar-refractivity contribution in [1.82, 2.24) is 5.32 Å². The van der Waals surface area contributed by atoms with Crippen molar-refractivity contribution in [3.8, 4) is 0 Å². The van der Waals surface area contributed by atoms with Gasteiger partial charge >= 0.3 is 6.03 Å². The number of benzene rings is 1. The number of rotatable bonds is 11. The molecular formula is C18H28F2N2O2. The van der Waals surface area contributed by atoms with Gasteiger partial charge in [0.15, 0.2) is 0 Å². The van der Waals surface area contributed by atoms with Crippen molar-refractivity contribution in [3.05, 3.63) is 29.8 Å². The first-order chi connectivity index (χ1) is 11.6. The van der Waals surface area contributed by atoms with E-state index in [1.165, 1.54) is 25.3 Å². The molecule has 136 valence electrons. The monoisotopic (exact) mass is 342 g/mol. The third-order valence-electron chi connectivity index (χ3n) is 3.83. The van der Waals surface area contributed by atoms with Crippen molar-refractivity contribution in [2.75, 3.05) is 25.1 Å². The van der Waals surface area contributed by atoms with Gasteiger partial charge in [0.2, 0.25) is 0 Å². The molecule has 2 amide bonds. The van der Waals surface area contributed by atoms with Gasteiger partial charge in [-0.3, -0.25) is 0 Å². The zero-order valence-corrected chi connectivity index (χ0v) is 14.5. The van der Waals surface area contributed by atoms with Crippen LogP contribution < -0.4 is 10.6 Å². The molecule has 0 saturated carbocycles. The molecule has 1 aromatic rings. The van der Waals surface area contributed by atoms with Gasteiger partial charge in [-0.2, -0.15) is 0 Å². The Morgan fingerprint density at radius 1 is 1.25 bits per heavy atom. The van der Waals surface area contributed by atoms with E-state index in [0.717, 1.165) is 25.2 Å². The van der Waals surface area contributed by atoms with Crippen LogP contribution in [0.15, 0.2) is 18.2 Å². The summed E-state index contributed by atoms with van der Waals surface area (Å²) >= 11 is 0. The zero-order valence-electron chi connectivity index (χ0n) is 14.5. The fraction of sp³-hybridized carbons (Fsp3) is 0.611. The number of amides is 2. The number of urea groups is 1. The van der Waals surface area contributed by atoms with E-state index < -0.39 is 17.7 Å². The predicted octanol–water partition coefficient (Wildman–Crippen LogP) is 4.71. The minimum Gasteiger partial charge on any atom is -0.381 e. The molecule has 6 heteroatoms. The summed E-state index contributed by atoms with van der Waals surface area (Å²) in [5.74, 6) is -0.881. The molecule has 0 radical (unpaired) electrons. The smallest absolute Gasteiger partial charge is 0.319 e. The Hall–Kier alpha value is -1.69. The number of hydrogen-bond donors (Lipinski definition) is 2. The Morgan fingerprint density at radius 3 is 2.71 bits per heavy atom. The average molecular weight is 342 g/mol. The van der Waals surface area contributed by atoms with Gasteiger partial charge < -0.3 is 15.4 Å². The van der Waals surface area contributed by atoms with Crippen molar-refractivity contribution in [2.24, 2.45) is 5.92 Å². The molecule has 1 unspecified atom stereocenters. The highest BCUT2D eigenvalue weighted by Crippen LogP contribution is 2.14. The van der Waals surface area contributed by atoms with Crippen molar-refractivity contribution in [2.45, 2.75) is 46.0 Å². The number of nitrogens with one attached hydrogen (secondary N) is 2. The second kappa shape index (κ2) is 11.8. The minimum absolute atomic E-state index is 0.0492. The maximum absolute atomic E-state index is 13.4. The summed E-state index contributed by atoms with van der Waals surface area (Å²) in [5.41, 5.74) is -0.0492. The summed E-state index contributed by atoms with van der Waals surface area (Å²) in [6.45, 7) is 6.12. The van der Waals surface area contributed by atoms with E-state index in [2.05, 4.69) is 24.5 Å². The first-order valence-electron chi connectivity index (χ1n) is 8.64. The van der Waals surface area contributed by atoms with Crippen LogP contribution in [0.3, 0.4) is 0 Å². The molecule has 24 heavy (non-hydrogen) atoms. The van der Waals surface area contributed by atoms with Crippen LogP contribution >= 0.6 is 0 Å². The van der Waals surface area contributed by atoms with Gasteiger partial charge in [-0.25, -0.2) is 13.6 Å². The number of carbonyl (C=O) groups excluding carboxylic acids is 1. The Kier molecular flexibility index (Phi) is 10.00. The normalized spacial score (nSPS) is 12.0. The molecule has 0 aliphatic rings. The second-order valence-corrected chi connectivity index (χ2v) is 5.85. The molecule has 2 N–H and O–H groups in total. The molecular weight excluding hydrogens is 314 g/mol. The van der Waals surface area contributed by atoms with E-state index in [9.17, 15) is 13.6 Å². The van der Waals surface area contributed by atoms with Gasteiger partial charge in [-0.05, 0) is 30.9 Å². The number of halogens is 2. The minimum atomic E-state index is -0.800. The van der Waals surface area contributed by atoms with Gasteiger partial charge in [-0.1, -0.05) is 33.1 Å². The van der Waals surface area contributed by atoms with E-state index >= 15 is 0 Å². The molecule has 0 bridgehead atoms. The lowest BCUT2D eigenvalue weighted by molar-refractivity contribution is 0.0925. The molecule has 0 aliphatic carbocycles. The zero-order chi connectivity index (χ0) is 17.8. The Balaban J connectivity index is 2.13. The van der Waals surface area contributed by atoms with E-state index in [1.807, 2.05) is 0 Å². The fourth-order valence-electron chi connectivity index (χ4n) is 2.28. The van der Waals surface area contributed by atoms with E-state index in [-0.39, 0.29) is 5.69 Å². The molecule has 0 spiro atoms. The van der Waals surface area contributed by atoms with Crippen molar-refractivity contribution >= 4 is 11.7 Å². The lowest BCUT2D eigenvalue weighted by Crippen LogP contribution is -2.30. The molecule has 4 nitrogen and oxygen atoms in total. The van der Waals surface area contributed by atoms with Crippen LogP contribution in [0.5, 0.6) is 0 Å². The summed E-state index contributed by atoms with van der Waals surface area (Å²) in [6, 6.07) is 2.49. The summed E-state index contributed by atoms with van der Waals surface area (Å²) in [6.07, 6.45) is 5.41. The lowest BCUT2D eigenvalue weighted by atomic mass is 10.0. The first-order valence-corrected chi connectivity index (χ1v) is 8.64. The van der Waals surface area contributed by atoms with Gasteiger partial charge in [0.25, 0.3) is 0 Å². The molecule has 1 aromatic carbocycles. The van der Waals surface area contributed by atoms with E-state index in [1.54, 1.807) is 0 Å². The van der Waals surface area contributed by atoms with Gasteiger partial charge in [0, 0.05) is 25.8 Å². The first kappa shape index (κ1) is 20.4. The quantitative estimate of drug-likeness (QED) is 0.572. The third-order valence-corrected chi connectivity index (χ3v) is 3.83. The Labute approximate surface area is 143 Å². The molecule has 0 aromatic heterocycles. The molecule has 0 saturated heterocycles. The molecule has 0 heterocycles. The number of unbranched alkanes of at least 4 members (excludes halogenated alkanes) is 1. The van der Waals surface area contributed by atoms with Crippen LogP contribution in [-0.4, -0.2) is 25.8 Å². The van der Waals surface area contributed by atoms with Crippen molar-refractivity contribution < 1.29 is 18.3 Å². The molecule has 0 fully saturated rings. The largest absolute Gasteiger partial charge is 0.381 e. The van der Waals surface area contributed by atoms with E-state index in [0.29, 0.717) is 25.5 Å². The highest BCUT2D eigenvalue weighted by molar-refractivity contribution is 5.89. The van der Waals surface area contributed by atoms with Crippen LogP contribution in [0, 0.1) is 17.6 Å². The summed E-state index contributed by atoms with van der Waals surface area (Å²) < 4.78 is 31.8. The summed E-state index contributed by atoms with van der Waals surface area (Å²) in [5, 5.41) is 4.97. The summed E-state index contributed by atoms with van der Waals surface area (Å²) in [7, 11) is 0. The average Bonchev–Trinajstić information content (AvgIpc) is 2.56. The molecule has 0 aliphatic heterocycles. The Morgan fingerprint density at radius 2 is 2.04 bits per heavy atom. The second-order valence-electron chi connectivity index (χ2n) is 5.85. The number of hydrogen-bond acceptors (Lipinski definition) is 2. The maximum atomic E-state index is 13.4. The number of carbonyl (C=O) groups is 1. The fourth-order valence-corrected chi connectivity index (χ4v) is 2.28. The van der Waals surface area contributed by atoms with Crippen molar-refractivity contribution in [1.29, 1.82) is 0 Å². The van der Waals surface area contributed by atoms with Crippen LogP contribution in [0.1, 0.15) is 46.0 Å². The molecule has 1 rings (SSSR count). The molecule has 1 atom stereocenters. The van der Waals surface area contributed by atoms with Crippen molar-refractivity contribution in [3.63, 3.8) is 0 Å². The van der Waals surface area contributed by atoms with Crippen LogP contribution in [0.4, 0.5) is 19.3 Å². The van der Waals surface area contributed by atoms with E-state index in [4.69, 9.17) is 4.74 Å². The van der Waals surface area contributed by atoms with Crippen LogP contribution in [0.25, 0.3) is 0 Å². The topological polar surface area (TPSA) is 50.4 Å². The standard InChI is InChI=1S/C18H28F2N2O2/c1-3-5-7-14(4-2)13-24-11-6-10-21-18(23)22-17-9-8-15(19)12-16(17)20/h8-9,12,14H,3-7,10-11,13H2,1-2H3,(H2,21,22,23). The van der Waals surface area contributed by atoms with Gasteiger partial charge in [0.05, 0.1) is 5.69 Å². The maximum Gasteiger partial charge on any atom is 0.319 e.